The highest BCUT2D eigenvalue weighted by Gasteiger charge is 2.32. The molecule has 2 aliphatic heterocycles. The highest BCUT2D eigenvalue weighted by Crippen LogP contribution is 2.36. The minimum Gasteiger partial charge on any atom is -0.385 e. The van der Waals surface area contributed by atoms with Gasteiger partial charge in [-0.25, -0.2) is 0 Å². The van der Waals surface area contributed by atoms with Crippen LogP contribution < -0.4 is 10.2 Å². The predicted octanol–water partition coefficient (Wildman–Crippen LogP) is 3.42. The molecule has 92 valence electrons. The lowest BCUT2D eigenvalue weighted by Gasteiger charge is -2.34. The average Bonchev–Trinajstić information content (AvgIpc) is 2.68. The summed E-state index contributed by atoms with van der Waals surface area (Å²) in [6, 6.07) is 6.96. The van der Waals surface area contributed by atoms with Crippen molar-refractivity contribution in [3.63, 3.8) is 0 Å². The van der Waals surface area contributed by atoms with E-state index in [0.29, 0.717) is 5.54 Å². The predicted molar refractivity (Wildman–Crippen MR) is 73.9 cm³/mol. The van der Waals surface area contributed by atoms with Gasteiger partial charge < -0.3 is 10.2 Å². The molecule has 0 aromatic heterocycles. The molecule has 0 saturated carbocycles. The number of benzene rings is 1. The van der Waals surface area contributed by atoms with Crippen LogP contribution in [0.5, 0.6) is 0 Å². The molecule has 0 radical (unpaired) electrons. The van der Waals surface area contributed by atoms with Crippen molar-refractivity contribution in [1.29, 1.82) is 0 Å². The van der Waals surface area contributed by atoms with Crippen molar-refractivity contribution in [2.45, 2.75) is 45.1 Å². The van der Waals surface area contributed by atoms with Gasteiger partial charge in [-0.1, -0.05) is 6.07 Å². The normalized spacial score (nSPS) is 22.1. The van der Waals surface area contributed by atoms with Crippen LogP contribution in [0.4, 0.5) is 11.4 Å². The van der Waals surface area contributed by atoms with E-state index < -0.39 is 0 Å². The van der Waals surface area contributed by atoms with Crippen LogP contribution in [-0.4, -0.2) is 18.6 Å². The molecule has 0 bridgehead atoms. The third-order valence-electron chi connectivity index (χ3n) is 4.24. The van der Waals surface area contributed by atoms with E-state index in [1.807, 2.05) is 0 Å². The first-order valence-corrected chi connectivity index (χ1v) is 6.81. The zero-order valence-electron chi connectivity index (χ0n) is 10.9. The number of hydrogen-bond acceptors (Lipinski definition) is 2. The van der Waals surface area contributed by atoms with Gasteiger partial charge in [-0.3, -0.25) is 0 Å². The Balaban J connectivity index is 1.93. The molecule has 17 heavy (non-hydrogen) atoms. The summed E-state index contributed by atoms with van der Waals surface area (Å²) in [6.45, 7) is 7.03. The molecule has 1 N–H and O–H groups in total. The number of hydrogen-bond donors (Lipinski definition) is 1. The lowest BCUT2D eigenvalue weighted by Crippen LogP contribution is -2.38. The molecule has 1 fully saturated rings. The van der Waals surface area contributed by atoms with E-state index in [2.05, 4.69) is 42.3 Å². The highest BCUT2D eigenvalue weighted by atomic mass is 15.2. The van der Waals surface area contributed by atoms with E-state index in [1.165, 1.54) is 49.2 Å². The third kappa shape index (κ3) is 1.90. The molecule has 2 aliphatic rings. The summed E-state index contributed by atoms with van der Waals surface area (Å²) < 4.78 is 0. The summed E-state index contributed by atoms with van der Waals surface area (Å²) in [7, 11) is 0. The van der Waals surface area contributed by atoms with Crippen molar-refractivity contribution in [3.05, 3.63) is 23.8 Å². The van der Waals surface area contributed by atoms with Crippen LogP contribution in [0.1, 0.15) is 38.7 Å². The molecule has 1 aromatic carbocycles. The molecule has 0 spiro atoms. The van der Waals surface area contributed by atoms with Crippen LogP contribution >= 0.6 is 0 Å². The first kappa shape index (κ1) is 10.9. The fraction of sp³-hybridized carbons (Fsp3) is 0.600. The zero-order chi connectivity index (χ0) is 11.9. The maximum absolute atomic E-state index is 3.53. The van der Waals surface area contributed by atoms with Gasteiger partial charge in [0.05, 0.1) is 0 Å². The second-order valence-electron chi connectivity index (χ2n) is 5.94. The van der Waals surface area contributed by atoms with E-state index in [-0.39, 0.29) is 0 Å². The summed E-state index contributed by atoms with van der Waals surface area (Å²) in [5.74, 6) is 0. The summed E-state index contributed by atoms with van der Waals surface area (Å²) in [5, 5.41) is 3.53. The zero-order valence-corrected chi connectivity index (χ0v) is 10.9. The first-order chi connectivity index (χ1) is 8.17. The molecule has 2 nitrogen and oxygen atoms in total. The van der Waals surface area contributed by atoms with Gasteiger partial charge in [0, 0.05) is 30.0 Å². The van der Waals surface area contributed by atoms with E-state index in [1.54, 1.807) is 0 Å². The molecule has 3 rings (SSSR count). The van der Waals surface area contributed by atoms with Crippen molar-refractivity contribution in [1.82, 2.24) is 0 Å². The van der Waals surface area contributed by atoms with Crippen molar-refractivity contribution < 1.29 is 0 Å². The van der Waals surface area contributed by atoms with Crippen molar-refractivity contribution in [3.8, 4) is 0 Å². The Morgan fingerprint density at radius 1 is 1.24 bits per heavy atom. The van der Waals surface area contributed by atoms with Gasteiger partial charge in [0.25, 0.3) is 0 Å². The minimum absolute atomic E-state index is 0.322. The summed E-state index contributed by atoms with van der Waals surface area (Å²) in [4.78, 5) is 2.56. The molecule has 0 aliphatic carbocycles. The van der Waals surface area contributed by atoms with Gasteiger partial charge in [0.1, 0.15) is 0 Å². The van der Waals surface area contributed by atoms with E-state index in [0.717, 1.165) is 6.54 Å². The second-order valence-corrected chi connectivity index (χ2v) is 5.94. The summed E-state index contributed by atoms with van der Waals surface area (Å²) in [6.07, 6.45) is 5.11. The van der Waals surface area contributed by atoms with E-state index in [4.69, 9.17) is 0 Å². The van der Waals surface area contributed by atoms with Gasteiger partial charge in [0.2, 0.25) is 0 Å². The van der Waals surface area contributed by atoms with Crippen LogP contribution in [-0.2, 0) is 6.42 Å². The second kappa shape index (κ2) is 3.94. The number of rotatable bonds is 1. The Labute approximate surface area is 104 Å². The third-order valence-corrected chi connectivity index (χ3v) is 4.24. The Morgan fingerprint density at radius 3 is 2.88 bits per heavy atom. The molecule has 1 aromatic rings. The molecule has 2 heterocycles. The summed E-state index contributed by atoms with van der Waals surface area (Å²) >= 11 is 0. The van der Waals surface area contributed by atoms with Gasteiger partial charge >= 0.3 is 0 Å². The fourth-order valence-electron chi connectivity index (χ4n) is 3.20. The Bertz CT molecular complexity index is 423. The Morgan fingerprint density at radius 2 is 2.12 bits per heavy atom. The van der Waals surface area contributed by atoms with Crippen molar-refractivity contribution >= 4 is 11.4 Å². The number of fused-ring (bicyclic) bond motifs is 1. The monoisotopic (exact) mass is 230 g/mol. The van der Waals surface area contributed by atoms with Crippen LogP contribution in [0.2, 0.25) is 0 Å². The number of anilines is 2. The molecular weight excluding hydrogens is 208 g/mol. The van der Waals surface area contributed by atoms with Crippen LogP contribution in [0, 0.1) is 0 Å². The van der Waals surface area contributed by atoms with Gasteiger partial charge in [-0.05, 0) is 57.2 Å². The Hall–Kier alpha value is -1.18. The van der Waals surface area contributed by atoms with Crippen LogP contribution in [0.25, 0.3) is 0 Å². The van der Waals surface area contributed by atoms with E-state index in [9.17, 15) is 0 Å². The molecule has 0 unspecified atom stereocenters. The number of nitrogens with one attached hydrogen (secondary N) is 1. The molecule has 0 amide bonds. The largest absolute Gasteiger partial charge is 0.385 e. The maximum Gasteiger partial charge on any atom is 0.0393 e. The smallest absolute Gasteiger partial charge is 0.0393 e. The SMILES string of the molecule is CC1(C)CCCN1c1ccc2c(c1)NCCC2. The molecule has 0 atom stereocenters. The van der Waals surface area contributed by atoms with Crippen molar-refractivity contribution in [2.75, 3.05) is 23.3 Å². The van der Waals surface area contributed by atoms with Crippen LogP contribution in [0.3, 0.4) is 0 Å². The average molecular weight is 230 g/mol. The molecule has 1 saturated heterocycles. The van der Waals surface area contributed by atoms with Gasteiger partial charge in [-0.2, -0.15) is 0 Å². The Kier molecular flexibility index (Phi) is 2.53. The highest BCUT2D eigenvalue weighted by molar-refractivity contribution is 5.64. The van der Waals surface area contributed by atoms with Crippen molar-refractivity contribution in [2.24, 2.45) is 0 Å². The number of nitrogens with zero attached hydrogens (tertiary/aromatic N) is 1. The summed E-state index contributed by atoms with van der Waals surface area (Å²) in [5.41, 5.74) is 4.55. The first-order valence-electron chi connectivity index (χ1n) is 6.81. The fourth-order valence-corrected chi connectivity index (χ4v) is 3.20. The van der Waals surface area contributed by atoms with Gasteiger partial charge in [-0.15, -0.1) is 0 Å². The topological polar surface area (TPSA) is 15.3 Å². The standard InChI is InChI=1S/C15H22N2/c1-15(2)8-4-10-17(15)13-7-6-12-5-3-9-16-14(12)11-13/h6-7,11,16H,3-5,8-10H2,1-2H3. The molecular formula is C15H22N2. The lowest BCUT2D eigenvalue weighted by molar-refractivity contribution is 0.518. The van der Waals surface area contributed by atoms with Crippen LogP contribution in [0.15, 0.2) is 18.2 Å². The maximum atomic E-state index is 3.53. The molecule has 2 heteroatoms. The minimum atomic E-state index is 0.322. The van der Waals surface area contributed by atoms with E-state index >= 15 is 0 Å². The lowest BCUT2D eigenvalue weighted by atomic mass is 9.99. The van der Waals surface area contributed by atoms with Gasteiger partial charge in [0.15, 0.2) is 0 Å². The quantitative estimate of drug-likeness (QED) is 0.795. The number of aryl methyl sites for hydroxylation is 1.